The number of rotatable bonds is 31. The molecule has 0 saturated carbocycles. The quantitative estimate of drug-likeness (QED) is 0.00651. The Morgan fingerprint density at radius 3 is 2.05 bits per heavy atom. The number of carbonyl (C=O) groups is 15. The number of carboxylic acid groups (broad SMARTS) is 5. The fourth-order valence-electron chi connectivity index (χ4n) is 12.4. The van der Waals surface area contributed by atoms with Crippen LogP contribution in [0.1, 0.15) is 120 Å². The lowest BCUT2D eigenvalue weighted by molar-refractivity contribution is -0.255. The summed E-state index contributed by atoms with van der Waals surface area (Å²) >= 11 is 0. The van der Waals surface area contributed by atoms with Gasteiger partial charge in [0.05, 0.1) is 49.0 Å². The maximum Gasteiger partial charge on any atom is 0.335 e. The maximum atomic E-state index is 14.5. The number of hydrogen-bond acceptors (Lipinski definition) is 24. The second-order valence-corrected chi connectivity index (χ2v) is 27.6. The fourth-order valence-corrected chi connectivity index (χ4v) is 12.4. The van der Waals surface area contributed by atoms with Crippen molar-refractivity contribution in [2.45, 2.75) is 126 Å². The molecular formula is C74H91N21O21. The molecule has 0 spiro atoms. The molecule has 0 radical (unpaired) electrons. The van der Waals surface area contributed by atoms with E-state index in [-0.39, 0.29) is 103 Å². The van der Waals surface area contributed by atoms with Gasteiger partial charge in [0.15, 0.2) is 5.96 Å². The van der Waals surface area contributed by atoms with Gasteiger partial charge in [-0.25, -0.2) is 9.37 Å². The first-order chi connectivity index (χ1) is 55.1. The zero-order valence-corrected chi connectivity index (χ0v) is 63.5. The number of benzene rings is 4. The molecule has 21 N–H and O–H groups in total. The first kappa shape index (κ1) is 87.5. The maximum absolute atomic E-state index is 14.5. The van der Waals surface area contributed by atoms with Gasteiger partial charge in [-0.1, -0.05) is 17.7 Å². The van der Waals surface area contributed by atoms with E-state index in [4.69, 9.17) is 21.3 Å². The fraction of sp³-hybridized carbons (Fsp3) is 0.392. The van der Waals surface area contributed by atoms with Crippen LogP contribution in [0.2, 0.25) is 0 Å². The molecule has 6 bridgehead atoms. The number of unbranched alkanes of at least 4 members (excludes halogenated alkanes) is 2. The Balaban J connectivity index is 0.962. The molecule has 42 nitrogen and oxygen atoms in total. The number of hydrazine groups is 2. The van der Waals surface area contributed by atoms with Gasteiger partial charge in [-0.15, -0.1) is 10.6 Å². The predicted molar refractivity (Wildman–Crippen MR) is 409 cm³/mol. The van der Waals surface area contributed by atoms with Crippen LogP contribution in [0.5, 0.6) is 0 Å². The number of nitrogens with one attached hydrogen (secondary N) is 13. The molecule has 0 unspecified atom stereocenters. The molecule has 3 aliphatic heterocycles. The van der Waals surface area contributed by atoms with Crippen molar-refractivity contribution in [3.05, 3.63) is 113 Å². The van der Waals surface area contributed by atoms with Crippen LogP contribution in [-0.4, -0.2) is 232 Å². The number of hydrogen-bond donors (Lipinski definition) is 19. The lowest BCUT2D eigenvalue weighted by Gasteiger charge is -2.25. The lowest BCUT2D eigenvalue weighted by Crippen LogP contribution is -2.57. The Morgan fingerprint density at radius 1 is 0.698 bits per heavy atom. The summed E-state index contributed by atoms with van der Waals surface area (Å²) in [5, 5.41) is 94.9. The van der Waals surface area contributed by atoms with Crippen LogP contribution in [0, 0.1) is 5.41 Å². The molecule has 10 amide bonds. The Morgan fingerprint density at radius 2 is 1.38 bits per heavy atom. The van der Waals surface area contributed by atoms with Crippen LogP contribution < -0.4 is 95.5 Å². The average Bonchev–Trinajstić information content (AvgIpc) is 0.856. The van der Waals surface area contributed by atoms with Crippen molar-refractivity contribution in [1.82, 2.24) is 88.7 Å². The number of aromatic nitrogens is 3. The SMILES string of the molecule is CN(C)c1ccc2c(-c3ccc(C(=O)NCCCCCC(=O)N[C@@H](CCCNC(=N)N)C(=O)N[C@@H](CCC(=O)O)C(=O)N[C@H]4CCn5cc(nn5)-c5cc(C(=O)O)cc(c5)C5=CN(CC[C@@H](C(=O)N[C@@H](CCC(=O)O)C(N)=O)NC(=O)CNC(=O)[C@H](CC(=O)O)NC(=O)CNC4=O)NN5)cc3C(=O)[O-])c3ccc(=[N+](C)C)cc-3oc2c1. The number of carboxylic acids is 5. The third-order valence-electron chi connectivity index (χ3n) is 18.5. The third-order valence-corrected chi connectivity index (χ3v) is 18.5. The van der Waals surface area contributed by atoms with E-state index in [1.54, 1.807) is 6.07 Å². The summed E-state index contributed by atoms with van der Waals surface area (Å²) in [6, 6.07) is 9.52. The summed E-state index contributed by atoms with van der Waals surface area (Å²) in [4.78, 5) is 200. The summed E-state index contributed by atoms with van der Waals surface area (Å²) in [6.45, 7) is -2.34. The minimum Gasteiger partial charge on any atom is -0.545 e. The highest BCUT2D eigenvalue weighted by molar-refractivity contribution is 6.09. The molecule has 4 aliphatic rings. The van der Waals surface area contributed by atoms with Gasteiger partial charge in [0.1, 0.15) is 67.4 Å². The number of nitrogens with zero attached hydrogens (tertiary/aromatic N) is 6. The molecule has 116 heavy (non-hydrogen) atoms. The highest BCUT2D eigenvalue weighted by Crippen LogP contribution is 2.42. The summed E-state index contributed by atoms with van der Waals surface area (Å²) in [7, 11) is 7.50. The van der Waals surface area contributed by atoms with E-state index in [1.165, 1.54) is 52.4 Å². The number of carbonyl (C=O) groups excluding carboxylic acids is 11. The van der Waals surface area contributed by atoms with Gasteiger partial charge in [0, 0.05) is 122 Å². The van der Waals surface area contributed by atoms with Gasteiger partial charge >= 0.3 is 23.9 Å². The number of nitrogens with two attached hydrogens (primary N) is 2. The normalized spacial score (nSPS) is 16.2. The van der Waals surface area contributed by atoms with E-state index in [1.807, 2.05) is 74.1 Å². The highest BCUT2D eigenvalue weighted by atomic mass is 16.4. The largest absolute Gasteiger partial charge is 0.545 e. The Labute approximate surface area is 660 Å². The van der Waals surface area contributed by atoms with Crippen molar-refractivity contribution >= 4 is 117 Å². The van der Waals surface area contributed by atoms with Crippen molar-refractivity contribution in [2.75, 3.05) is 65.8 Å². The lowest BCUT2D eigenvalue weighted by atomic mass is 9.89. The molecular weight excluding hydrogens is 1520 g/mol. The van der Waals surface area contributed by atoms with Gasteiger partial charge < -0.3 is 110 Å². The van der Waals surface area contributed by atoms with E-state index in [0.717, 1.165) is 11.0 Å². The van der Waals surface area contributed by atoms with Crippen molar-refractivity contribution in [3.63, 3.8) is 0 Å². The number of amides is 10. The Bertz CT molecular complexity index is 4860. The molecule has 1 aliphatic carbocycles. The molecule has 6 atom stereocenters. The number of anilines is 1. The van der Waals surface area contributed by atoms with Crippen molar-refractivity contribution in [1.29, 1.82) is 5.41 Å². The van der Waals surface area contributed by atoms with Gasteiger partial charge in [-0.05, 0) is 105 Å². The van der Waals surface area contributed by atoms with Gasteiger partial charge in [0.2, 0.25) is 58.5 Å². The minimum absolute atomic E-state index is 0.0277. The van der Waals surface area contributed by atoms with Crippen LogP contribution in [0.25, 0.3) is 50.4 Å². The summed E-state index contributed by atoms with van der Waals surface area (Å²) < 4.78 is 9.50. The topological polar surface area (TPSA) is 634 Å². The number of aryl methyl sites for hydroxylation is 1. The zero-order valence-electron chi connectivity index (χ0n) is 63.5. The standard InChI is InChI=1S/C74H91N21O21/c1-92(2)42-12-15-45-56(31-42)116-57-32-43(93(3)4)13-16-46(57)64(45)44-14-11-38(30-47(44)73(114)115)66(106)78-23-7-5-6-10-58(96)82-49(9-8-24-79-74(76)77)69(109)86-50(18-20-62(101)102)70(110)87-51-21-25-94-36-54(88-90-94)39-27-40(29-41(28-39)72(112)113)55-37-95(91-89-55)26-22-52(71(111)85-48(65(75)105)17-19-61(99)100)83-59(97)34-81-68(108)53(33-63(103)104)84-60(98)35-80-67(51)107/h11-16,27-32,36-37,48-53,78H,5-10,17-26,33-35H2,1-4H3,(H20,75,76,77,79,80,81,82,83,84,85,86,87,96,97,98,99,100,101,102,103,104,105,106,107,108,109,110,111,112,113,114,115)/t48-,49-,50-,51-,52-,53-/m0/s1. The predicted octanol–water partition coefficient (Wildman–Crippen LogP) is -3.88. The number of guanidine groups is 1. The van der Waals surface area contributed by atoms with Crippen LogP contribution in [0.3, 0.4) is 0 Å². The zero-order chi connectivity index (χ0) is 84.6. The number of aromatic carboxylic acids is 2. The van der Waals surface area contributed by atoms with Crippen molar-refractivity contribution < 1.29 is 102 Å². The summed E-state index contributed by atoms with van der Waals surface area (Å²) in [6.07, 6.45) is -0.752. The Kier molecular flexibility index (Phi) is 30.9. The Hall–Kier alpha value is -14.1. The average molecular weight is 1610 g/mol. The molecule has 8 rings (SSSR count). The molecule has 4 aromatic rings. The second-order valence-electron chi connectivity index (χ2n) is 27.6. The van der Waals surface area contributed by atoms with Crippen LogP contribution in [0.4, 0.5) is 5.69 Å². The third kappa shape index (κ3) is 25.2. The molecule has 4 heterocycles. The van der Waals surface area contributed by atoms with E-state index in [2.05, 4.69) is 74.4 Å². The number of aliphatic carboxylic acids is 3. The smallest absolute Gasteiger partial charge is 0.335 e. The molecule has 0 saturated heterocycles. The first-order valence-corrected chi connectivity index (χ1v) is 36.6. The minimum atomic E-state index is -1.94. The van der Waals surface area contributed by atoms with Crippen LogP contribution in [0.15, 0.2) is 89.6 Å². The molecule has 0 fully saturated rings. The molecule has 42 heteroatoms. The van der Waals surface area contributed by atoms with Crippen molar-refractivity contribution in [3.8, 4) is 33.7 Å². The summed E-state index contributed by atoms with van der Waals surface area (Å²) in [5.74, 6) is -17.4. The monoisotopic (exact) mass is 1610 g/mol. The highest BCUT2D eigenvalue weighted by Gasteiger charge is 2.34. The number of fused-ring (bicyclic) bond motifs is 9. The van der Waals surface area contributed by atoms with E-state index in [9.17, 15) is 97.5 Å². The molecule has 618 valence electrons. The van der Waals surface area contributed by atoms with E-state index >= 15 is 0 Å². The molecule has 3 aromatic carbocycles. The van der Waals surface area contributed by atoms with Crippen LogP contribution in [-0.2, 0) is 64.1 Å². The van der Waals surface area contributed by atoms with Gasteiger partial charge in [-0.2, -0.15) is 0 Å². The first-order valence-electron chi connectivity index (χ1n) is 36.6. The van der Waals surface area contributed by atoms with Crippen LogP contribution >= 0.6 is 0 Å². The van der Waals surface area contributed by atoms with Gasteiger partial charge in [0.25, 0.3) is 5.91 Å². The summed E-state index contributed by atoms with van der Waals surface area (Å²) in [5.41, 5.74) is 19.7. The van der Waals surface area contributed by atoms with Crippen molar-refractivity contribution in [2.24, 2.45) is 11.5 Å². The van der Waals surface area contributed by atoms with E-state index in [0.29, 0.717) is 40.7 Å². The molecule has 1 aromatic heterocycles. The number of primary amides is 1. The second kappa shape index (κ2) is 40.9. The van der Waals surface area contributed by atoms with E-state index < -0.39 is 183 Å². The van der Waals surface area contributed by atoms with Gasteiger partial charge in [-0.3, -0.25) is 77.4 Å².